The molecule has 0 saturated carbocycles. The van der Waals surface area contributed by atoms with Crippen molar-refractivity contribution < 1.29 is 80.2 Å². The third-order valence-corrected chi connectivity index (χ3v) is 20.7. The highest BCUT2D eigenvalue weighted by Gasteiger charge is 2.30. The number of aliphatic hydroxyl groups excluding tert-OH is 1. The highest BCUT2D eigenvalue weighted by Crippen LogP contribution is 2.45. The Balaban J connectivity index is 5.21. The van der Waals surface area contributed by atoms with Crippen LogP contribution in [0.15, 0.2) is 0 Å². The van der Waals surface area contributed by atoms with Gasteiger partial charge in [0.2, 0.25) is 0 Å². The number of rotatable bonds is 78. The van der Waals surface area contributed by atoms with Crippen molar-refractivity contribution in [3.05, 3.63) is 0 Å². The third kappa shape index (κ3) is 74.3. The van der Waals surface area contributed by atoms with Crippen molar-refractivity contribution >= 4 is 39.5 Å². The van der Waals surface area contributed by atoms with E-state index in [2.05, 4.69) is 55.4 Å². The molecule has 0 aromatic rings. The minimum absolute atomic E-state index is 0.106. The van der Waals surface area contributed by atoms with E-state index in [0.29, 0.717) is 31.6 Å². The molecule has 0 heterocycles. The molecule has 0 saturated heterocycles. The lowest BCUT2D eigenvalue weighted by Crippen LogP contribution is -2.30. The number of unbranched alkanes of at least 4 members (excludes halogenated alkanes) is 44. The maximum Gasteiger partial charge on any atom is 0.472 e. The lowest BCUT2D eigenvalue weighted by atomic mass is 10.0. The van der Waals surface area contributed by atoms with Gasteiger partial charge in [-0.25, -0.2) is 9.13 Å². The Bertz CT molecular complexity index is 1950. The van der Waals surface area contributed by atoms with E-state index in [9.17, 15) is 43.2 Å². The van der Waals surface area contributed by atoms with Crippen LogP contribution in [0.3, 0.4) is 0 Å². The molecule has 3 N–H and O–H groups in total. The van der Waals surface area contributed by atoms with Gasteiger partial charge in [0.1, 0.15) is 19.3 Å². The van der Waals surface area contributed by atoms with E-state index in [1.807, 2.05) is 0 Å². The van der Waals surface area contributed by atoms with Crippen LogP contribution in [0.1, 0.15) is 415 Å². The number of carbonyl (C=O) groups excluding carboxylic acids is 4. The molecular weight excluding hydrogens is 1310 g/mol. The van der Waals surface area contributed by atoms with Crippen LogP contribution in [-0.2, 0) is 65.4 Å². The van der Waals surface area contributed by atoms with Gasteiger partial charge < -0.3 is 33.8 Å². The monoisotopic (exact) mass is 1470 g/mol. The van der Waals surface area contributed by atoms with E-state index >= 15 is 0 Å². The summed E-state index contributed by atoms with van der Waals surface area (Å²) in [5, 5.41) is 10.6. The number of hydrogen-bond acceptors (Lipinski definition) is 15. The summed E-state index contributed by atoms with van der Waals surface area (Å²) in [7, 11) is -9.92. The molecule has 0 fully saturated rings. The number of esters is 4. The molecule has 0 aromatic carbocycles. The number of carbonyl (C=O) groups is 4. The Labute approximate surface area is 613 Å². The second-order valence-corrected chi connectivity index (χ2v) is 34.0. The van der Waals surface area contributed by atoms with Crippen LogP contribution >= 0.6 is 15.6 Å². The summed E-state index contributed by atoms with van der Waals surface area (Å²) in [6, 6.07) is 0. The molecule has 0 aromatic heterocycles. The summed E-state index contributed by atoms with van der Waals surface area (Å²) in [4.78, 5) is 73.0. The highest BCUT2D eigenvalue weighted by atomic mass is 31.2. The minimum atomic E-state index is -4.96. The van der Waals surface area contributed by atoms with Crippen molar-refractivity contribution in [1.29, 1.82) is 0 Å². The lowest BCUT2D eigenvalue weighted by molar-refractivity contribution is -0.161. The van der Waals surface area contributed by atoms with E-state index in [4.69, 9.17) is 37.0 Å². The topological polar surface area (TPSA) is 237 Å². The van der Waals surface area contributed by atoms with Crippen molar-refractivity contribution in [2.24, 2.45) is 23.7 Å². The summed E-state index contributed by atoms with van der Waals surface area (Å²) in [5.41, 5.74) is 0. The summed E-state index contributed by atoms with van der Waals surface area (Å²) in [6.45, 7) is 14.2. The van der Waals surface area contributed by atoms with Gasteiger partial charge in [0, 0.05) is 25.7 Å². The molecule has 0 radical (unpaired) electrons. The molecule has 5 atom stereocenters. The third-order valence-electron chi connectivity index (χ3n) is 18.8. The van der Waals surface area contributed by atoms with Gasteiger partial charge in [-0.15, -0.1) is 0 Å². The van der Waals surface area contributed by atoms with Crippen LogP contribution in [0.5, 0.6) is 0 Å². The van der Waals surface area contributed by atoms with Gasteiger partial charge in [-0.05, 0) is 49.4 Å². The largest absolute Gasteiger partial charge is 0.472 e. The van der Waals surface area contributed by atoms with Crippen molar-refractivity contribution in [3.8, 4) is 0 Å². The molecular formula is C81H158O17P2. The summed E-state index contributed by atoms with van der Waals surface area (Å²) in [5.74, 6) is 0.955. The molecule has 100 heavy (non-hydrogen) atoms. The number of aliphatic hydroxyl groups is 1. The predicted octanol–water partition coefficient (Wildman–Crippen LogP) is 24.0. The first-order valence-corrected chi connectivity index (χ1v) is 44.7. The van der Waals surface area contributed by atoms with Gasteiger partial charge in [0.05, 0.1) is 26.4 Å². The van der Waals surface area contributed by atoms with Crippen LogP contribution < -0.4 is 0 Å². The average Bonchev–Trinajstić information content (AvgIpc) is 1.05. The maximum atomic E-state index is 13.1. The fourth-order valence-electron chi connectivity index (χ4n) is 12.4. The van der Waals surface area contributed by atoms with Crippen LogP contribution in [0.25, 0.3) is 0 Å². The number of phosphoric acid groups is 2. The highest BCUT2D eigenvalue weighted by molar-refractivity contribution is 7.47. The van der Waals surface area contributed by atoms with Gasteiger partial charge in [-0.2, -0.15) is 0 Å². The van der Waals surface area contributed by atoms with E-state index in [1.54, 1.807) is 0 Å². The predicted molar refractivity (Wildman–Crippen MR) is 409 cm³/mol. The summed E-state index contributed by atoms with van der Waals surface area (Å²) < 4.78 is 68.7. The fourth-order valence-corrected chi connectivity index (χ4v) is 14.0. The Kier molecular flexibility index (Phi) is 68.7. The first-order valence-electron chi connectivity index (χ1n) is 41.7. The van der Waals surface area contributed by atoms with E-state index < -0.39 is 97.5 Å². The maximum absolute atomic E-state index is 13.1. The van der Waals surface area contributed by atoms with Crippen LogP contribution in [0.2, 0.25) is 0 Å². The minimum Gasteiger partial charge on any atom is -0.462 e. The van der Waals surface area contributed by atoms with Crippen molar-refractivity contribution in [2.45, 2.75) is 433 Å². The second-order valence-electron chi connectivity index (χ2n) is 31.1. The lowest BCUT2D eigenvalue weighted by Gasteiger charge is -2.21. The average molecular weight is 1470 g/mol. The molecule has 0 spiro atoms. The SMILES string of the molecule is CC(C)CCCCCCCCCCCCCCCCCCCCC(=O)O[C@H](COC(=O)CCCCCCCCCCCCC(C)C)COP(=O)(O)OCC(O)COP(=O)(O)OC[C@@H](COC(=O)CCCCCCCCCC(C)C)OC(=O)CCCCCCCCCCCCCCCC(C)C. The smallest absolute Gasteiger partial charge is 0.462 e. The molecule has 0 bridgehead atoms. The van der Waals surface area contributed by atoms with Gasteiger partial charge in [-0.1, -0.05) is 364 Å². The van der Waals surface area contributed by atoms with Crippen molar-refractivity contribution in [1.82, 2.24) is 0 Å². The number of ether oxygens (including phenoxy) is 4. The first kappa shape index (κ1) is 98.1. The van der Waals surface area contributed by atoms with Crippen molar-refractivity contribution in [3.63, 3.8) is 0 Å². The molecule has 19 heteroatoms. The normalized spacial score (nSPS) is 14.0. The zero-order valence-electron chi connectivity index (χ0n) is 65.8. The van der Waals surface area contributed by atoms with Gasteiger partial charge >= 0.3 is 39.5 Å². The Hall–Kier alpha value is -1.94. The quantitative estimate of drug-likeness (QED) is 0.0222. The van der Waals surface area contributed by atoms with Crippen molar-refractivity contribution in [2.75, 3.05) is 39.6 Å². The summed E-state index contributed by atoms with van der Waals surface area (Å²) >= 11 is 0. The van der Waals surface area contributed by atoms with E-state index in [0.717, 1.165) is 114 Å². The van der Waals surface area contributed by atoms with E-state index in [-0.39, 0.29) is 25.7 Å². The molecule has 0 rings (SSSR count). The molecule has 594 valence electrons. The zero-order chi connectivity index (χ0) is 73.8. The zero-order valence-corrected chi connectivity index (χ0v) is 67.6. The van der Waals surface area contributed by atoms with E-state index in [1.165, 1.54) is 212 Å². The van der Waals surface area contributed by atoms with Crippen LogP contribution in [-0.4, -0.2) is 96.7 Å². The molecule has 17 nitrogen and oxygen atoms in total. The standard InChI is InChI=1S/C81H158O17P2/c1-71(2)57-49-41-33-26-20-16-13-11-9-10-12-14-18-22-30-38-47-55-63-80(85)97-76(67-91-78(83)61-53-45-37-29-25-24-28-35-43-51-59-73(5)6)69-95-99(87,88)93-65-75(82)66-94-100(89,90)96-70-77(68-92-79(84)62-54-46-40-32-36-44-52-60-74(7)8)98-81(86)64-56-48-39-31-23-19-15-17-21-27-34-42-50-58-72(3)4/h71-77,82H,9-70H2,1-8H3,(H,87,88)(H,89,90)/t75?,76-,77-/m1/s1. The molecule has 0 amide bonds. The Morgan fingerprint density at radius 1 is 0.250 bits per heavy atom. The van der Waals surface area contributed by atoms with Gasteiger partial charge in [-0.3, -0.25) is 37.3 Å². The Morgan fingerprint density at radius 3 is 0.620 bits per heavy atom. The Morgan fingerprint density at radius 2 is 0.420 bits per heavy atom. The second kappa shape index (κ2) is 70.1. The molecule has 3 unspecified atom stereocenters. The summed E-state index contributed by atoms with van der Waals surface area (Å²) in [6.07, 6.45) is 57.0. The first-order chi connectivity index (χ1) is 48.1. The molecule has 0 aliphatic carbocycles. The van der Waals surface area contributed by atoms with Gasteiger partial charge in [0.15, 0.2) is 12.2 Å². The molecule has 0 aliphatic heterocycles. The molecule has 0 aliphatic rings. The number of phosphoric ester groups is 2. The fraction of sp³-hybridized carbons (Fsp3) is 0.951. The van der Waals surface area contributed by atoms with Crippen LogP contribution in [0, 0.1) is 23.7 Å². The van der Waals surface area contributed by atoms with Gasteiger partial charge in [0.25, 0.3) is 0 Å². The number of hydrogen-bond donors (Lipinski definition) is 3. The van der Waals surface area contributed by atoms with Crippen LogP contribution in [0.4, 0.5) is 0 Å².